The molecule has 0 unspecified atom stereocenters. The van der Waals surface area contributed by atoms with Gasteiger partial charge in [0.1, 0.15) is 5.75 Å². The number of aryl methyl sites for hydroxylation is 1. The van der Waals surface area contributed by atoms with Crippen LogP contribution in [0.3, 0.4) is 0 Å². The van der Waals surface area contributed by atoms with Gasteiger partial charge in [0.2, 0.25) is 0 Å². The predicted octanol–water partition coefficient (Wildman–Crippen LogP) is 2.47. The molecular weight excluding hydrogens is 212 g/mol. The Balaban J connectivity index is 2.60. The highest BCUT2D eigenvalue weighted by atomic mass is 16.5. The number of rotatable bonds is 3. The highest BCUT2D eigenvalue weighted by Crippen LogP contribution is 2.31. The van der Waals surface area contributed by atoms with E-state index >= 15 is 0 Å². The molecule has 1 aromatic heterocycles. The molecule has 1 aromatic carbocycles. The summed E-state index contributed by atoms with van der Waals surface area (Å²) in [5, 5.41) is 1.20. The fraction of sp³-hybridized carbons (Fsp3) is 0.429. The first-order valence-corrected chi connectivity index (χ1v) is 5.82. The molecule has 0 fully saturated rings. The number of hydrogen-bond acceptors (Lipinski definition) is 2. The summed E-state index contributed by atoms with van der Waals surface area (Å²) in [5.41, 5.74) is 8.15. The van der Waals surface area contributed by atoms with E-state index in [2.05, 4.69) is 22.8 Å². The molecule has 3 nitrogen and oxygen atoms in total. The second-order valence-electron chi connectivity index (χ2n) is 5.29. The van der Waals surface area contributed by atoms with Crippen molar-refractivity contribution in [1.82, 2.24) is 4.57 Å². The van der Waals surface area contributed by atoms with Gasteiger partial charge in [-0.1, -0.05) is 12.1 Å². The van der Waals surface area contributed by atoms with Crippen LogP contribution in [0.4, 0.5) is 0 Å². The lowest BCUT2D eigenvalue weighted by molar-refractivity contribution is 0.405. The van der Waals surface area contributed by atoms with Gasteiger partial charge in [0.05, 0.1) is 12.6 Å². The first kappa shape index (κ1) is 12.0. The average Bonchev–Trinajstić information content (AvgIpc) is 2.58. The maximum absolute atomic E-state index is 6.09. The van der Waals surface area contributed by atoms with Crippen molar-refractivity contribution in [2.75, 3.05) is 7.11 Å². The summed E-state index contributed by atoms with van der Waals surface area (Å²) in [5.74, 6) is 0.938. The number of methoxy groups -OCH3 is 1. The molecule has 0 amide bonds. The van der Waals surface area contributed by atoms with Gasteiger partial charge in [-0.05, 0) is 31.9 Å². The number of hydrogen-bond donors (Lipinski definition) is 1. The van der Waals surface area contributed by atoms with E-state index in [9.17, 15) is 0 Å². The van der Waals surface area contributed by atoms with Gasteiger partial charge >= 0.3 is 0 Å². The van der Waals surface area contributed by atoms with Crippen LogP contribution in [0.2, 0.25) is 0 Å². The normalized spacial score (nSPS) is 12.1. The maximum atomic E-state index is 6.09. The zero-order valence-corrected chi connectivity index (χ0v) is 10.9. The Morgan fingerprint density at radius 3 is 2.59 bits per heavy atom. The largest absolute Gasteiger partial charge is 0.494 e. The second kappa shape index (κ2) is 4.08. The molecule has 0 aliphatic heterocycles. The van der Waals surface area contributed by atoms with E-state index in [1.165, 1.54) is 5.39 Å². The van der Waals surface area contributed by atoms with Crippen LogP contribution in [0.1, 0.15) is 19.4 Å². The summed E-state index contributed by atoms with van der Waals surface area (Å²) in [6, 6.07) is 6.32. The Bertz CT molecular complexity index is 535. The van der Waals surface area contributed by atoms with E-state index in [-0.39, 0.29) is 5.54 Å². The lowest BCUT2D eigenvalue weighted by atomic mass is 9.95. The third-order valence-electron chi connectivity index (χ3n) is 2.92. The molecule has 0 saturated carbocycles. The van der Waals surface area contributed by atoms with Gasteiger partial charge in [-0.3, -0.25) is 0 Å². The summed E-state index contributed by atoms with van der Waals surface area (Å²) < 4.78 is 7.65. The first-order valence-electron chi connectivity index (χ1n) is 5.82. The number of nitrogens with two attached hydrogens (primary N) is 1. The van der Waals surface area contributed by atoms with Crippen LogP contribution in [-0.4, -0.2) is 17.2 Å². The molecule has 92 valence electrons. The summed E-state index contributed by atoms with van der Waals surface area (Å²) in [4.78, 5) is 0. The van der Waals surface area contributed by atoms with Crippen molar-refractivity contribution in [3.05, 3.63) is 30.0 Å². The Morgan fingerprint density at radius 1 is 1.29 bits per heavy atom. The Labute approximate surface area is 102 Å². The smallest absolute Gasteiger partial charge is 0.146 e. The minimum atomic E-state index is -0.230. The molecule has 2 N–H and O–H groups in total. The van der Waals surface area contributed by atoms with E-state index in [1.54, 1.807) is 7.11 Å². The molecule has 1 heterocycles. The van der Waals surface area contributed by atoms with E-state index in [0.717, 1.165) is 23.3 Å². The van der Waals surface area contributed by atoms with Gasteiger partial charge in [-0.15, -0.1) is 0 Å². The summed E-state index contributed by atoms with van der Waals surface area (Å²) in [7, 11) is 3.75. The molecule has 2 rings (SSSR count). The molecule has 17 heavy (non-hydrogen) atoms. The number of fused-ring (bicyclic) bond motifs is 1. The molecule has 0 atom stereocenters. The molecule has 3 heteroatoms. The van der Waals surface area contributed by atoms with E-state index < -0.39 is 0 Å². The van der Waals surface area contributed by atoms with Gasteiger partial charge in [0, 0.05) is 24.2 Å². The second-order valence-corrected chi connectivity index (χ2v) is 5.29. The van der Waals surface area contributed by atoms with Gasteiger partial charge < -0.3 is 15.0 Å². The molecular formula is C14H20N2O. The van der Waals surface area contributed by atoms with Crippen molar-refractivity contribution < 1.29 is 4.74 Å². The summed E-state index contributed by atoms with van der Waals surface area (Å²) in [6.45, 7) is 4.06. The third kappa shape index (κ3) is 2.29. The number of aromatic nitrogens is 1. The molecule has 0 aliphatic rings. The molecule has 0 aliphatic carbocycles. The minimum Gasteiger partial charge on any atom is -0.494 e. The van der Waals surface area contributed by atoms with Crippen LogP contribution >= 0.6 is 0 Å². The van der Waals surface area contributed by atoms with Crippen LogP contribution in [-0.2, 0) is 13.5 Å². The van der Waals surface area contributed by atoms with Crippen molar-refractivity contribution in [3.63, 3.8) is 0 Å². The van der Waals surface area contributed by atoms with E-state index in [4.69, 9.17) is 10.5 Å². The van der Waals surface area contributed by atoms with Gasteiger partial charge in [0.15, 0.2) is 0 Å². The highest BCUT2D eigenvalue weighted by Gasteiger charge is 2.17. The highest BCUT2D eigenvalue weighted by molar-refractivity contribution is 5.87. The minimum absolute atomic E-state index is 0.230. The molecule has 0 radical (unpaired) electrons. The Kier molecular flexibility index (Phi) is 2.87. The fourth-order valence-electron chi connectivity index (χ4n) is 2.25. The zero-order valence-electron chi connectivity index (χ0n) is 10.9. The maximum Gasteiger partial charge on any atom is 0.146 e. The van der Waals surface area contributed by atoms with Crippen molar-refractivity contribution in [2.24, 2.45) is 12.8 Å². The lowest BCUT2D eigenvalue weighted by Gasteiger charge is -2.20. The monoisotopic (exact) mass is 232 g/mol. The number of ether oxygens (including phenoxy) is 1. The first-order chi connectivity index (χ1) is 7.92. The topological polar surface area (TPSA) is 40.2 Å². The Morgan fingerprint density at radius 2 is 2.00 bits per heavy atom. The van der Waals surface area contributed by atoms with Crippen molar-refractivity contribution in [1.29, 1.82) is 0 Å². The van der Waals surface area contributed by atoms with Gasteiger partial charge in [-0.2, -0.15) is 0 Å². The van der Waals surface area contributed by atoms with Gasteiger partial charge in [-0.25, -0.2) is 0 Å². The standard InChI is InChI=1S/C14H20N2O/c1-14(2,15)9-11-6-5-10-7-8-16(3)12(10)13(11)17-4/h5-8H,9,15H2,1-4H3. The van der Waals surface area contributed by atoms with Crippen LogP contribution in [0.5, 0.6) is 5.75 Å². The number of nitrogens with zero attached hydrogens (tertiary/aromatic N) is 1. The number of benzene rings is 1. The Hall–Kier alpha value is -1.48. The van der Waals surface area contributed by atoms with E-state index in [1.807, 2.05) is 27.1 Å². The van der Waals surface area contributed by atoms with Crippen LogP contribution < -0.4 is 10.5 Å². The quantitative estimate of drug-likeness (QED) is 0.883. The van der Waals surface area contributed by atoms with Crippen LogP contribution in [0, 0.1) is 0 Å². The molecule has 0 saturated heterocycles. The van der Waals surface area contributed by atoms with Crippen molar-refractivity contribution in [3.8, 4) is 5.75 Å². The predicted molar refractivity (Wildman–Crippen MR) is 71.4 cm³/mol. The fourth-order valence-corrected chi connectivity index (χ4v) is 2.25. The zero-order chi connectivity index (χ0) is 12.6. The molecule has 2 aromatic rings. The summed E-state index contributed by atoms with van der Waals surface area (Å²) in [6.07, 6.45) is 2.85. The van der Waals surface area contributed by atoms with Crippen molar-refractivity contribution in [2.45, 2.75) is 25.8 Å². The molecule has 0 spiro atoms. The third-order valence-corrected chi connectivity index (χ3v) is 2.92. The average molecular weight is 232 g/mol. The van der Waals surface area contributed by atoms with Crippen LogP contribution in [0.15, 0.2) is 24.4 Å². The SMILES string of the molecule is COc1c(CC(C)(C)N)ccc2ccn(C)c12. The lowest BCUT2D eigenvalue weighted by Crippen LogP contribution is -2.34. The van der Waals surface area contributed by atoms with Gasteiger partial charge in [0.25, 0.3) is 0 Å². The molecule has 0 bridgehead atoms. The summed E-state index contributed by atoms with van der Waals surface area (Å²) >= 11 is 0. The van der Waals surface area contributed by atoms with Crippen molar-refractivity contribution >= 4 is 10.9 Å². The van der Waals surface area contributed by atoms with Crippen LogP contribution in [0.25, 0.3) is 10.9 Å². The van der Waals surface area contributed by atoms with E-state index in [0.29, 0.717) is 0 Å².